The maximum absolute atomic E-state index is 12.6. The van der Waals surface area contributed by atoms with E-state index in [9.17, 15) is 14.7 Å². The van der Waals surface area contributed by atoms with E-state index in [0.29, 0.717) is 22.6 Å². The lowest BCUT2D eigenvalue weighted by Gasteiger charge is -2.12. The van der Waals surface area contributed by atoms with Crippen LogP contribution in [0, 0.1) is 0 Å². The summed E-state index contributed by atoms with van der Waals surface area (Å²) in [4.78, 5) is 23.5. The van der Waals surface area contributed by atoms with Gasteiger partial charge < -0.3 is 23.8 Å². The molecule has 1 amide bonds. The standard InChI is InChI=1S/C29H22N2O6/c1-35-26-14-19(8-12-25(26)36-17-18-6-9-21(10-7-18)29(33)34)16-30-31-28(32)27-15-23-22-5-3-2-4-20(22)11-13-24(23)37-27/h2-16H,17H2,1H3,(H,31,32)(H,33,34)/p-1. The van der Waals surface area contributed by atoms with Crippen LogP contribution in [0.2, 0.25) is 0 Å². The highest BCUT2D eigenvalue weighted by Crippen LogP contribution is 2.29. The van der Waals surface area contributed by atoms with E-state index >= 15 is 0 Å². The molecule has 0 saturated carbocycles. The smallest absolute Gasteiger partial charge is 0.307 e. The Labute approximate surface area is 211 Å². The van der Waals surface area contributed by atoms with Gasteiger partial charge in [0.25, 0.3) is 0 Å². The van der Waals surface area contributed by atoms with E-state index in [-0.39, 0.29) is 17.9 Å². The van der Waals surface area contributed by atoms with Crippen molar-refractivity contribution >= 4 is 39.8 Å². The summed E-state index contributed by atoms with van der Waals surface area (Å²) in [6.07, 6.45) is 1.49. The van der Waals surface area contributed by atoms with Gasteiger partial charge in [0.1, 0.15) is 12.2 Å². The lowest BCUT2D eigenvalue weighted by atomic mass is 10.1. The fourth-order valence-corrected chi connectivity index (χ4v) is 3.91. The van der Waals surface area contributed by atoms with Crippen LogP contribution in [0.1, 0.15) is 32.0 Å². The Morgan fingerprint density at radius 1 is 0.946 bits per heavy atom. The average molecular weight is 493 g/mol. The predicted molar refractivity (Wildman–Crippen MR) is 137 cm³/mol. The number of hydrogen-bond acceptors (Lipinski definition) is 7. The van der Waals surface area contributed by atoms with Gasteiger partial charge in [0, 0.05) is 5.39 Å². The summed E-state index contributed by atoms with van der Waals surface area (Å²) in [5, 5.41) is 17.9. The Bertz CT molecular complexity index is 1640. The van der Waals surface area contributed by atoms with E-state index < -0.39 is 11.9 Å². The number of hydrazone groups is 1. The molecule has 4 aromatic carbocycles. The molecule has 1 N–H and O–H groups in total. The second kappa shape index (κ2) is 10.2. The lowest BCUT2D eigenvalue weighted by molar-refractivity contribution is -0.255. The summed E-state index contributed by atoms with van der Waals surface area (Å²) in [7, 11) is 1.52. The van der Waals surface area contributed by atoms with Crippen LogP contribution in [0.5, 0.6) is 11.5 Å². The van der Waals surface area contributed by atoms with Gasteiger partial charge in [-0.05, 0) is 57.8 Å². The van der Waals surface area contributed by atoms with E-state index in [1.54, 1.807) is 36.4 Å². The quantitative estimate of drug-likeness (QED) is 0.255. The zero-order valence-electron chi connectivity index (χ0n) is 19.8. The third-order valence-corrected chi connectivity index (χ3v) is 5.80. The first-order valence-electron chi connectivity index (χ1n) is 11.4. The monoisotopic (exact) mass is 493 g/mol. The maximum atomic E-state index is 12.6. The number of nitrogens with zero attached hydrogens (tertiary/aromatic N) is 1. The summed E-state index contributed by atoms with van der Waals surface area (Å²) in [6.45, 7) is 0.222. The highest BCUT2D eigenvalue weighted by Gasteiger charge is 2.13. The number of carbonyl (C=O) groups is 2. The van der Waals surface area contributed by atoms with Crippen LogP contribution < -0.4 is 20.0 Å². The number of carboxylic acids is 1. The molecule has 1 aromatic heterocycles. The highest BCUT2D eigenvalue weighted by atomic mass is 16.5. The fraction of sp³-hybridized carbons (Fsp3) is 0.0690. The number of ether oxygens (including phenoxy) is 2. The molecule has 0 fully saturated rings. The van der Waals surface area contributed by atoms with Gasteiger partial charge in [0.2, 0.25) is 0 Å². The van der Waals surface area contributed by atoms with Crippen LogP contribution in [0.15, 0.2) is 94.4 Å². The Morgan fingerprint density at radius 3 is 2.54 bits per heavy atom. The Kier molecular flexibility index (Phi) is 6.54. The Morgan fingerprint density at radius 2 is 1.76 bits per heavy atom. The molecular weight excluding hydrogens is 472 g/mol. The summed E-state index contributed by atoms with van der Waals surface area (Å²) < 4.78 is 17.0. The normalized spacial score (nSPS) is 11.2. The van der Waals surface area contributed by atoms with Crippen LogP contribution in [0.4, 0.5) is 0 Å². The molecule has 5 rings (SSSR count). The molecule has 0 aliphatic rings. The first-order chi connectivity index (χ1) is 18.0. The van der Waals surface area contributed by atoms with Crippen molar-refractivity contribution in [3.63, 3.8) is 0 Å². The zero-order valence-corrected chi connectivity index (χ0v) is 19.8. The van der Waals surface area contributed by atoms with Gasteiger partial charge in [-0.1, -0.05) is 54.6 Å². The minimum atomic E-state index is -1.23. The number of nitrogens with one attached hydrogen (secondary N) is 1. The summed E-state index contributed by atoms with van der Waals surface area (Å²) in [6, 6.07) is 24.9. The molecule has 0 spiro atoms. The molecule has 37 heavy (non-hydrogen) atoms. The van der Waals surface area contributed by atoms with E-state index in [1.165, 1.54) is 25.5 Å². The topological polar surface area (TPSA) is 113 Å². The number of methoxy groups -OCH3 is 1. The van der Waals surface area contributed by atoms with Crippen molar-refractivity contribution in [3.8, 4) is 11.5 Å². The molecule has 0 radical (unpaired) electrons. The van der Waals surface area contributed by atoms with Crippen molar-refractivity contribution in [2.45, 2.75) is 6.61 Å². The van der Waals surface area contributed by atoms with Gasteiger partial charge in [0.15, 0.2) is 17.3 Å². The van der Waals surface area contributed by atoms with Gasteiger partial charge in [-0.2, -0.15) is 5.10 Å². The van der Waals surface area contributed by atoms with Crippen LogP contribution >= 0.6 is 0 Å². The molecule has 184 valence electrons. The fourth-order valence-electron chi connectivity index (χ4n) is 3.91. The molecule has 0 atom stereocenters. The molecule has 0 unspecified atom stereocenters. The number of amides is 1. The molecule has 0 aliphatic heterocycles. The SMILES string of the molecule is COc1cc(C=NNC(=O)c2cc3c(ccc4ccccc43)o2)ccc1OCc1ccc(C(=O)[O-])cc1. The minimum Gasteiger partial charge on any atom is -0.545 e. The third kappa shape index (κ3) is 5.13. The van der Waals surface area contributed by atoms with Gasteiger partial charge in [0.05, 0.1) is 19.3 Å². The Balaban J connectivity index is 1.24. The van der Waals surface area contributed by atoms with Crippen LogP contribution in [0.25, 0.3) is 21.7 Å². The lowest BCUT2D eigenvalue weighted by Crippen LogP contribution is -2.22. The largest absolute Gasteiger partial charge is 0.545 e. The molecule has 5 aromatic rings. The Hall–Kier alpha value is -5.11. The molecule has 8 heteroatoms. The maximum Gasteiger partial charge on any atom is 0.307 e. The van der Waals surface area contributed by atoms with Crippen molar-refractivity contribution in [2.24, 2.45) is 5.10 Å². The number of carbonyl (C=O) groups excluding carboxylic acids is 2. The van der Waals surface area contributed by atoms with Crippen LogP contribution in [-0.2, 0) is 6.61 Å². The van der Waals surface area contributed by atoms with E-state index in [0.717, 1.165) is 21.7 Å². The zero-order chi connectivity index (χ0) is 25.8. The number of aromatic carboxylic acids is 1. The average Bonchev–Trinajstić information content (AvgIpc) is 3.37. The van der Waals surface area contributed by atoms with E-state index in [1.807, 2.05) is 36.4 Å². The summed E-state index contributed by atoms with van der Waals surface area (Å²) in [5.41, 5.74) is 4.69. The van der Waals surface area contributed by atoms with E-state index in [4.69, 9.17) is 13.9 Å². The molecule has 1 heterocycles. The van der Waals surface area contributed by atoms with Crippen molar-refractivity contribution in [3.05, 3.63) is 107 Å². The van der Waals surface area contributed by atoms with Gasteiger partial charge in [-0.25, -0.2) is 5.43 Å². The number of benzene rings is 4. The van der Waals surface area contributed by atoms with Crippen LogP contribution in [-0.4, -0.2) is 25.2 Å². The van der Waals surface area contributed by atoms with Gasteiger partial charge >= 0.3 is 5.91 Å². The number of hydrogen-bond donors (Lipinski definition) is 1. The van der Waals surface area contributed by atoms with Crippen LogP contribution in [0.3, 0.4) is 0 Å². The van der Waals surface area contributed by atoms with Gasteiger partial charge in [-0.3, -0.25) is 4.79 Å². The van der Waals surface area contributed by atoms with Crippen molar-refractivity contribution < 1.29 is 28.6 Å². The molecule has 0 saturated heterocycles. The molecule has 0 bridgehead atoms. The summed E-state index contributed by atoms with van der Waals surface area (Å²) in [5.74, 6) is -0.549. The molecular formula is C29H21N2O6-. The van der Waals surface area contributed by atoms with Gasteiger partial charge in [-0.15, -0.1) is 0 Å². The minimum absolute atomic E-state index is 0.103. The second-order valence-corrected chi connectivity index (χ2v) is 8.19. The van der Waals surface area contributed by atoms with Crippen molar-refractivity contribution in [1.29, 1.82) is 0 Å². The van der Waals surface area contributed by atoms with Crippen molar-refractivity contribution in [2.75, 3.05) is 7.11 Å². The van der Waals surface area contributed by atoms with Crippen molar-refractivity contribution in [1.82, 2.24) is 5.43 Å². The third-order valence-electron chi connectivity index (χ3n) is 5.80. The number of rotatable bonds is 8. The first kappa shape index (κ1) is 23.6. The first-order valence-corrected chi connectivity index (χ1v) is 11.4. The number of carboxylic acid groups (broad SMARTS) is 1. The van der Waals surface area contributed by atoms with E-state index in [2.05, 4.69) is 10.5 Å². The number of furan rings is 1. The molecule has 0 aliphatic carbocycles. The summed E-state index contributed by atoms with van der Waals surface area (Å²) >= 11 is 0. The highest BCUT2D eigenvalue weighted by molar-refractivity contribution is 6.08. The number of fused-ring (bicyclic) bond motifs is 3. The predicted octanol–water partition coefficient (Wildman–Crippen LogP) is 4.30. The second-order valence-electron chi connectivity index (χ2n) is 8.19. The molecule has 8 nitrogen and oxygen atoms in total.